The minimum Gasteiger partial charge on any atom is -0.365 e. The van der Waals surface area contributed by atoms with Crippen molar-refractivity contribution in [2.75, 3.05) is 39.8 Å². The standard InChI is InChI=1S/C18H28N4O3/c1-13-14(2)19-12-22(18(13)24)8-15-4-6-21(7-5-15)10-16-9-20(3)17(23)11-25-16/h12,15-16H,4-11H2,1-3H3. The van der Waals surface area contributed by atoms with Crippen LogP contribution in [0.15, 0.2) is 11.1 Å². The summed E-state index contributed by atoms with van der Waals surface area (Å²) in [7, 11) is 1.83. The van der Waals surface area contributed by atoms with Gasteiger partial charge in [-0.3, -0.25) is 14.2 Å². The largest absolute Gasteiger partial charge is 0.365 e. The Labute approximate surface area is 148 Å². The molecule has 2 fully saturated rings. The van der Waals surface area contributed by atoms with E-state index in [0.717, 1.165) is 50.3 Å². The lowest BCUT2D eigenvalue weighted by molar-refractivity contribution is -0.148. The maximum Gasteiger partial charge on any atom is 0.256 e. The van der Waals surface area contributed by atoms with Gasteiger partial charge in [0.05, 0.1) is 12.4 Å². The summed E-state index contributed by atoms with van der Waals surface area (Å²) >= 11 is 0. The first-order valence-electron chi connectivity index (χ1n) is 9.04. The molecule has 0 spiro atoms. The van der Waals surface area contributed by atoms with Gasteiger partial charge in [0.2, 0.25) is 5.91 Å². The summed E-state index contributed by atoms with van der Waals surface area (Å²) < 4.78 is 7.40. The Bertz CT molecular complexity index is 679. The van der Waals surface area contributed by atoms with Crippen molar-refractivity contribution in [1.82, 2.24) is 19.4 Å². The molecule has 1 amide bonds. The summed E-state index contributed by atoms with van der Waals surface area (Å²) in [6.45, 7) is 8.22. The Kier molecular flexibility index (Phi) is 5.54. The van der Waals surface area contributed by atoms with E-state index >= 15 is 0 Å². The molecular weight excluding hydrogens is 320 g/mol. The number of ether oxygens (including phenoxy) is 1. The SMILES string of the molecule is Cc1ncn(CC2CCN(CC3CN(C)C(=O)CO3)CC2)c(=O)c1C. The minimum atomic E-state index is 0.0578. The highest BCUT2D eigenvalue weighted by molar-refractivity contribution is 5.77. The van der Waals surface area contributed by atoms with E-state index in [2.05, 4.69) is 9.88 Å². The van der Waals surface area contributed by atoms with Gasteiger partial charge < -0.3 is 14.5 Å². The highest BCUT2D eigenvalue weighted by Gasteiger charge is 2.27. The summed E-state index contributed by atoms with van der Waals surface area (Å²) in [6.07, 6.45) is 3.92. The predicted molar refractivity (Wildman–Crippen MR) is 94.5 cm³/mol. The normalized spacial score (nSPS) is 23.2. The number of amides is 1. The number of likely N-dealkylation sites (N-methyl/N-ethyl adjacent to an activating group) is 1. The molecule has 0 saturated carbocycles. The van der Waals surface area contributed by atoms with Crippen LogP contribution >= 0.6 is 0 Å². The molecule has 0 bridgehead atoms. The average Bonchev–Trinajstić information content (AvgIpc) is 2.60. The van der Waals surface area contributed by atoms with Crippen LogP contribution in [0.3, 0.4) is 0 Å². The molecule has 0 radical (unpaired) electrons. The maximum atomic E-state index is 12.3. The van der Waals surface area contributed by atoms with Gasteiger partial charge in [-0.1, -0.05) is 0 Å². The van der Waals surface area contributed by atoms with E-state index in [1.54, 1.807) is 15.8 Å². The quantitative estimate of drug-likeness (QED) is 0.789. The molecule has 7 nitrogen and oxygen atoms in total. The number of carbonyl (C=O) groups excluding carboxylic acids is 1. The smallest absolute Gasteiger partial charge is 0.256 e. The van der Waals surface area contributed by atoms with Crippen molar-refractivity contribution in [2.45, 2.75) is 39.3 Å². The Morgan fingerprint density at radius 3 is 2.60 bits per heavy atom. The van der Waals surface area contributed by atoms with Gasteiger partial charge in [0.15, 0.2) is 0 Å². The van der Waals surface area contributed by atoms with Gasteiger partial charge in [0, 0.05) is 37.9 Å². The van der Waals surface area contributed by atoms with Crippen LogP contribution in [0.1, 0.15) is 24.1 Å². The third-order valence-electron chi connectivity index (χ3n) is 5.48. The van der Waals surface area contributed by atoms with Gasteiger partial charge in [0.25, 0.3) is 5.56 Å². The van der Waals surface area contributed by atoms with Crippen molar-refractivity contribution in [3.05, 3.63) is 27.9 Å². The Hall–Kier alpha value is -1.73. The number of carbonyl (C=O) groups is 1. The van der Waals surface area contributed by atoms with E-state index in [1.165, 1.54) is 0 Å². The number of nitrogens with zero attached hydrogens (tertiary/aromatic N) is 4. The second-order valence-electron chi connectivity index (χ2n) is 7.36. The Balaban J connectivity index is 1.48. The molecule has 0 N–H and O–H groups in total. The van der Waals surface area contributed by atoms with Crippen molar-refractivity contribution in [2.24, 2.45) is 5.92 Å². The third-order valence-corrected chi connectivity index (χ3v) is 5.48. The van der Waals surface area contributed by atoms with Crippen LogP contribution in [0, 0.1) is 19.8 Å². The van der Waals surface area contributed by atoms with Crippen LogP contribution in [0.25, 0.3) is 0 Å². The van der Waals surface area contributed by atoms with Crippen LogP contribution in [-0.4, -0.2) is 71.2 Å². The van der Waals surface area contributed by atoms with Gasteiger partial charge >= 0.3 is 0 Å². The van der Waals surface area contributed by atoms with Crippen molar-refractivity contribution < 1.29 is 9.53 Å². The molecule has 138 valence electrons. The van der Waals surface area contributed by atoms with Gasteiger partial charge in [-0.15, -0.1) is 0 Å². The van der Waals surface area contributed by atoms with E-state index < -0.39 is 0 Å². The van der Waals surface area contributed by atoms with E-state index in [-0.39, 0.29) is 24.2 Å². The molecule has 1 atom stereocenters. The number of morpholine rings is 1. The zero-order chi connectivity index (χ0) is 18.0. The van der Waals surface area contributed by atoms with E-state index in [9.17, 15) is 9.59 Å². The van der Waals surface area contributed by atoms with Crippen molar-refractivity contribution in [3.8, 4) is 0 Å². The number of piperidine rings is 1. The minimum absolute atomic E-state index is 0.0578. The fraction of sp³-hybridized carbons (Fsp3) is 0.722. The molecule has 0 aliphatic carbocycles. The fourth-order valence-corrected chi connectivity index (χ4v) is 3.59. The van der Waals surface area contributed by atoms with Gasteiger partial charge in [-0.05, 0) is 45.7 Å². The van der Waals surface area contributed by atoms with Gasteiger partial charge in [0.1, 0.15) is 6.61 Å². The second-order valence-corrected chi connectivity index (χ2v) is 7.36. The van der Waals surface area contributed by atoms with Crippen LogP contribution < -0.4 is 5.56 Å². The molecule has 2 saturated heterocycles. The van der Waals surface area contributed by atoms with E-state index in [4.69, 9.17) is 4.74 Å². The first-order valence-corrected chi connectivity index (χ1v) is 9.04. The molecule has 1 unspecified atom stereocenters. The van der Waals surface area contributed by atoms with Crippen LogP contribution in [-0.2, 0) is 16.1 Å². The lowest BCUT2D eigenvalue weighted by Gasteiger charge is -2.37. The van der Waals surface area contributed by atoms with Gasteiger partial charge in [-0.25, -0.2) is 4.98 Å². The predicted octanol–water partition coefficient (Wildman–Crippen LogP) is 0.429. The Morgan fingerprint density at radius 2 is 1.92 bits per heavy atom. The second kappa shape index (κ2) is 7.66. The summed E-state index contributed by atoms with van der Waals surface area (Å²) in [6, 6.07) is 0. The highest BCUT2D eigenvalue weighted by atomic mass is 16.5. The van der Waals surface area contributed by atoms with E-state index in [0.29, 0.717) is 12.5 Å². The van der Waals surface area contributed by atoms with Gasteiger partial charge in [-0.2, -0.15) is 0 Å². The maximum absolute atomic E-state index is 12.3. The summed E-state index contributed by atoms with van der Waals surface area (Å²) in [5, 5.41) is 0. The zero-order valence-corrected chi connectivity index (χ0v) is 15.4. The number of aryl methyl sites for hydroxylation is 1. The van der Waals surface area contributed by atoms with Crippen LogP contribution in [0.5, 0.6) is 0 Å². The average molecular weight is 348 g/mol. The number of rotatable bonds is 4. The summed E-state index contributed by atoms with van der Waals surface area (Å²) in [5.74, 6) is 0.566. The molecule has 1 aromatic heterocycles. The van der Waals surface area contributed by atoms with Crippen LogP contribution in [0.2, 0.25) is 0 Å². The molecule has 2 aliphatic heterocycles. The number of likely N-dealkylation sites (tertiary alicyclic amines) is 1. The first-order chi connectivity index (χ1) is 11.9. The molecule has 3 heterocycles. The number of hydrogen-bond donors (Lipinski definition) is 0. The van der Waals surface area contributed by atoms with E-state index in [1.807, 2.05) is 20.9 Å². The third kappa shape index (κ3) is 4.27. The molecular formula is C18H28N4O3. The summed E-state index contributed by atoms with van der Waals surface area (Å²) in [5.41, 5.74) is 1.64. The Morgan fingerprint density at radius 1 is 1.20 bits per heavy atom. The lowest BCUT2D eigenvalue weighted by Crippen LogP contribution is -2.50. The molecule has 25 heavy (non-hydrogen) atoms. The zero-order valence-electron chi connectivity index (χ0n) is 15.4. The van der Waals surface area contributed by atoms with Crippen molar-refractivity contribution in [3.63, 3.8) is 0 Å². The van der Waals surface area contributed by atoms with Crippen molar-refractivity contribution in [1.29, 1.82) is 0 Å². The molecule has 7 heteroatoms. The van der Waals surface area contributed by atoms with Crippen molar-refractivity contribution >= 4 is 5.91 Å². The molecule has 0 aromatic carbocycles. The highest BCUT2D eigenvalue weighted by Crippen LogP contribution is 2.19. The number of hydrogen-bond acceptors (Lipinski definition) is 5. The lowest BCUT2D eigenvalue weighted by atomic mass is 9.96. The fourth-order valence-electron chi connectivity index (χ4n) is 3.59. The van der Waals surface area contributed by atoms with Crippen LogP contribution in [0.4, 0.5) is 0 Å². The first kappa shape index (κ1) is 18.1. The topological polar surface area (TPSA) is 67.7 Å². The number of aromatic nitrogens is 2. The molecule has 2 aliphatic rings. The summed E-state index contributed by atoms with van der Waals surface area (Å²) in [4.78, 5) is 32.3. The molecule has 1 aromatic rings. The monoisotopic (exact) mass is 348 g/mol. The molecule has 3 rings (SSSR count).